The maximum absolute atomic E-state index is 12.0. The Morgan fingerprint density at radius 3 is 2.41 bits per heavy atom. The van der Waals surface area contributed by atoms with Crippen molar-refractivity contribution in [2.75, 3.05) is 25.1 Å². The smallest absolute Gasteiger partial charge is 0.322 e. The second-order valence-corrected chi connectivity index (χ2v) is 5.83. The SMILES string of the molecule is CSCCC(NC(=O)C(N)CCCCN)C(=O)NCC(=O)O. The molecule has 0 aromatic rings. The Balaban J connectivity index is 4.45. The molecule has 0 rings (SSSR count). The van der Waals surface area contributed by atoms with Crippen LogP contribution >= 0.6 is 11.8 Å². The van der Waals surface area contributed by atoms with E-state index in [1.54, 1.807) is 0 Å². The molecule has 7 N–H and O–H groups in total. The van der Waals surface area contributed by atoms with Crippen molar-refractivity contribution in [3.63, 3.8) is 0 Å². The molecule has 2 unspecified atom stereocenters. The number of nitrogens with two attached hydrogens (primary N) is 2. The monoisotopic (exact) mass is 334 g/mol. The van der Waals surface area contributed by atoms with E-state index in [1.165, 1.54) is 11.8 Å². The van der Waals surface area contributed by atoms with E-state index < -0.39 is 36.4 Å². The van der Waals surface area contributed by atoms with Crippen LogP contribution in [0.4, 0.5) is 0 Å². The lowest BCUT2D eigenvalue weighted by Crippen LogP contribution is -2.52. The first-order chi connectivity index (χ1) is 10.4. The Hall–Kier alpha value is -1.32. The van der Waals surface area contributed by atoms with Crippen molar-refractivity contribution in [1.29, 1.82) is 0 Å². The third kappa shape index (κ3) is 9.59. The molecule has 0 fully saturated rings. The fourth-order valence-electron chi connectivity index (χ4n) is 1.71. The first-order valence-electron chi connectivity index (χ1n) is 7.16. The molecule has 0 aromatic heterocycles. The Bertz CT molecular complexity index is 368. The minimum Gasteiger partial charge on any atom is -0.480 e. The Morgan fingerprint density at radius 2 is 1.86 bits per heavy atom. The number of carboxylic acid groups (broad SMARTS) is 1. The topological polar surface area (TPSA) is 148 Å². The van der Waals surface area contributed by atoms with Crippen LogP contribution in [0, 0.1) is 0 Å². The van der Waals surface area contributed by atoms with Crippen LogP contribution < -0.4 is 22.1 Å². The van der Waals surface area contributed by atoms with E-state index in [2.05, 4.69) is 10.6 Å². The van der Waals surface area contributed by atoms with Gasteiger partial charge in [0.25, 0.3) is 0 Å². The van der Waals surface area contributed by atoms with Gasteiger partial charge in [-0.2, -0.15) is 11.8 Å². The second-order valence-electron chi connectivity index (χ2n) is 4.85. The van der Waals surface area contributed by atoms with Crippen molar-refractivity contribution in [2.24, 2.45) is 11.5 Å². The summed E-state index contributed by atoms with van der Waals surface area (Å²) >= 11 is 1.53. The summed E-state index contributed by atoms with van der Waals surface area (Å²) in [7, 11) is 0. The molecule has 2 amide bonds. The fourth-order valence-corrected chi connectivity index (χ4v) is 2.18. The number of aliphatic carboxylic acids is 1. The minimum absolute atomic E-state index is 0.409. The van der Waals surface area contributed by atoms with Crippen LogP contribution in [0.5, 0.6) is 0 Å². The number of unbranched alkanes of at least 4 members (excludes halogenated alkanes) is 1. The molecule has 0 bridgehead atoms. The number of carboxylic acids is 1. The Kier molecular flexibility index (Phi) is 11.5. The number of nitrogens with one attached hydrogen (secondary N) is 2. The van der Waals surface area contributed by atoms with E-state index in [0.717, 1.165) is 12.8 Å². The van der Waals surface area contributed by atoms with Gasteiger partial charge in [-0.25, -0.2) is 0 Å². The van der Waals surface area contributed by atoms with Gasteiger partial charge in [-0.3, -0.25) is 14.4 Å². The van der Waals surface area contributed by atoms with Gasteiger partial charge in [-0.15, -0.1) is 0 Å². The fraction of sp³-hybridized carbons (Fsp3) is 0.769. The molecule has 0 saturated heterocycles. The second kappa shape index (κ2) is 12.2. The van der Waals surface area contributed by atoms with Gasteiger partial charge < -0.3 is 27.2 Å². The van der Waals surface area contributed by atoms with Crippen molar-refractivity contribution >= 4 is 29.5 Å². The van der Waals surface area contributed by atoms with Crippen molar-refractivity contribution in [1.82, 2.24) is 10.6 Å². The van der Waals surface area contributed by atoms with Gasteiger partial charge in [0.15, 0.2) is 0 Å². The standard InChI is InChI=1S/C13H26N4O4S/c1-22-7-5-10(13(21)16-8-11(18)19)17-12(20)9(15)4-2-3-6-14/h9-10H,2-8,14-15H2,1H3,(H,16,21)(H,17,20)(H,18,19). The highest BCUT2D eigenvalue weighted by Gasteiger charge is 2.23. The molecule has 0 heterocycles. The van der Waals surface area contributed by atoms with E-state index in [9.17, 15) is 14.4 Å². The van der Waals surface area contributed by atoms with E-state index >= 15 is 0 Å². The molecule has 0 aliphatic carbocycles. The van der Waals surface area contributed by atoms with Crippen LogP contribution in [0.25, 0.3) is 0 Å². The number of hydrogen-bond acceptors (Lipinski definition) is 6. The molecular weight excluding hydrogens is 308 g/mol. The zero-order valence-electron chi connectivity index (χ0n) is 12.8. The molecule has 0 aromatic carbocycles. The Morgan fingerprint density at radius 1 is 1.18 bits per heavy atom. The van der Waals surface area contributed by atoms with E-state index in [1.807, 2.05) is 6.26 Å². The van der Waals surface area contributed by atoms with Crippen molar-refractivity contribution in [3.8, 4) is 0 Å². The van der Waals surface area contributed by atoms with Crippen LogP contribution in [0.2, 0.25) is 0 Å². The summed E-state index contributed by atoms with van der Waals surface area (Å²) < 4.78 is 0. The average molecular weight is 334 g/mol. The highest BCUT2D eigenvalue weighted by molar-refractivity contribution is 7.98. The predicted molar refractivity (Wildman–Crippen MR) is 86.5 cm³/mol. The number of rotatable bonds is 12. The number of thioether (sulfide) groups is 1. The van der Waals surface area contributed by atoms with Gasteiger partial charge in [0.05, 0.1) is 6.04 Å². The number of carbonyl (C=O) groups is 3. The summed E-state index contributed by atoms with van der Waals surface area (Å²) in [5, 5.41) is 13.4. The zero-order valence-corrected chi connectivity index (χ0v) is 13.7. The summed E-state index contributed by atoms with van der Waals surface area (Å²) in [6.07, 6.45) is 4.32. The van der Waals surface area contributed by atoms with Crippen LogP contribution in [0.1, 0.15) is 25.7 Å². The lowest BCUT2D eigenvalue weighted by molar-refractivity contribution is -0.138. The van der Waals surface area contributed by atoms with Crippen LogP contribution in [-0.2, 0) is 14.4 Å². The molecule has 8 nitrogen and oxygen atoms in total. The third-order valence-electron chi connectivity index (χ3n) is 2.96. The molecule has 22 heavy (non-hydrogen) atoms. The summed E-state index contributed by atoms with van der Waals surface area (Å²) in [5.41, 5.74) is 11.2. The van der Waals surface area contributed by atoms with E-state index in [-0.39, 0.29) is 0 Å². The molecule has 0 aliphatic heterocycles. The quantitative estimate of drug-likeness (QED) is 0.284. The molecule has 0 spiro atoms. The van der Waals surface area contributed by atoms with E-state index in [0.29, 0.717) is 25.1 Å². The van der Waals surface area contributed by atoms with Gasteiger partial charge in [0.1, 0.15) is 12.6 Å². The first-order valence-corrected chi connectivity index (χ1v) is 8.56. The van der Waals surface area contributed by atoms with Crippen molar-refractivity contribution in [3.05, 3.63) is 0 Å². The maximum Gasteiger partial charge on any atom is 0.322 e. The van der Waals surface area contributed by atoms with Crippen LogP contribution in [0.15, 0.2) is 0 Å². The van der Waals surface area contributed by atoms with Crippen molar-refractivity contribution in [2.45, 2.75) is 37.8 Å². The lowest BCUT2D eigenvalue weighted by atomic mass is 10.1. The normalized spacial score (nSPS) is 13.2. The highest BCUT2D eigenvalue weighted by atomic mass is 32.2. The van der Waals surface area contributed by atoms with Crippen molar-refractivity contribution < 1.29 is 19.5 Å². The highest BCUT2D eigenvalue weighted by Crippen LogP contribution is 2.03. The zero-order chi connectivity index (χ0) is 17.0. The predicted octanol–water partition coefficient (Wildman–Crippen LogP) is -1.12. The molecule has 0 saturated carbocycles. The van der Waals surface area contributed by atoms with Gasteiger partial charge in [0.2, 0.25) is 11.8 Å². The number of amides is 2. The largest absolute Gasteiger partial charge is 0.480 e. The average Bonchev–Trinajstić information content (AvgIpc) is 2.48. The van der Waals surface area contributed by atoms with Gasteiger partial charge in [0, 0.05) is 0 Å². The van der Waals surface area contributed by atoms with Crippen LogP contribution in [-0.4, -0.2) is 60.1 Å². The molecule has 2 atom stereocenters. The molecule has 0 radical (unpaired) electrons. The first kappa shape index (κ1) is 20.7. The summed E-state index contributed by atoms with van der Waals surface area (Å²) in [5.74, 6) is -1.40. The molecule has 128 valence electrons. The van der Waals surface area contributed by atoms with E-state index in [4.69, 9.17) is 16.6 Å². The molecule has 9 heteroatoms. The maximum atomic E-state index is 12.0. The minimum atomic E-state index is -1.14. The lowest BCUT2D eigenvalue weighted by Gasteiger charge is -2.20. The van der Waals surface area contributed by atoms with Crippen LogP contribution in [0.3, 0.4) is 0 Å². The summed E-state index contributed by atoms with van der Waals surface area (Å²) in [6, 6.07) is -1.48. The summed E-state index contributed by atoms with van der Waals surface area (Å²) in [4.78, 5) is 34.4. The Labute approximate surface area is 134 Å². The third-order valence-corrected chi connectivity index (χ3v) is 3.61. The van der Waals surface area contributed by atoms with Gasteiger partial charge in [-0.1, -0.05) is 6.42 Å². The van der Waals surface area contributed by atoms with Gasteiger partial charge >= 0.3 is 5.97 Å². The van der Waals surface area contributed by atoms with Gasteiger partial charge in [-0.05, 0) is 37.8 Å². The molecule has 0 aliphatic rings. The number of carbonyl (C=O) groups excluding carboxylic acids is 2. The number of hydrogen-bond donors (Lipinski definition) is 5. The summed E-state index contributed by atoms with van der Waals surface area (Å²) in [6.45, 7) is 0.0648. The molecular formula is C13H26N4O4S.